The highest BCUT2D eigenvalue weighted by Gasteiger charge is 2.39. The van der Waals surface area contributed by atoms with Crippen molar-refractivity contribution in [2.45, 2.75) is 39.2 Å². The summed E-state index contributed by atoms with van der Waals surface area (Å²) in [5.74, 6) is -4.05. The molecular formula is C16H20N2O7. The summed E-state index contributed by atoms with van der Waals surface area (Å²) in [7, 11) is 0. The molecule has 1 rings (SSSR count). The summed E-state index contributed by atoms with van der Waals surface area (Å²) in [6.45, 7) is 3.44. The lowest BCUT2D eigenvalue weighted by Crippen LogP contribution is -2.52. The number of nitro groups is 1. The van der Waals surface area contributed by atoms with Gasteiger partial charge in [-0.05, 0) is 24.8 Å². The molecule has 0 heterocycles. The Morgan fingerprint density at radius 2 is 1.76 bits per heavy atom. The van der Waals surface area contributed by atoms with Crippen molar-refractivity contribution in [2.75, 3.05) is 0 Å². The van der Waals surface area contributed by atoms with Crippen LogP contribution < -0.4 is 5.32 Å². The van der Waals surface area contributed by atoms with Crippen LogP contribution in [0.1, 0.15) is 32.3 Å². The second kappa shape index (κ2) is 8.22. The summed E-state index contributed by atoms with van der Waals surface area (Å²) in [5, 5.41) is 30.8. The minimum absolute atomic E-state index is 0.118. The number of nitrogens with one attached hydrogen (secondary N) is 1. The number of aliphatic carboxylic acids is 2. The Bertz CT molecular complexity index is 669. The first-order valence-electron chi connectivity index (χ1n) is 7.66. The van der Waals surface area contributed by atoms with E-state index in [1.807, 2.05) is 5.32 Å². The molecule has 1 aromatic carbocycles. The van der Waals surface area contributed by atoms with E-state index in [9.17, 15) is 24.5 Å². The average Bonchev–Trinajstić information content (AvgIpc) is 2.56. The van der Waals surface area contributed by atoms with Gasteiger partial charge in [-0.1, -0.05) is 26.0 Å². The molecule has 0 atom stereocenters. The second-order valence-electron chi connectivity index (χ2n) is 5.67. The molecule has 9 nitrogen and oxygen atoms in total. The monoisotopic (exact) mass is 352 g/mol. The van der Waals surface area contributed by atoms with Gasteiger partial charge in [0.25, 0.3) is 5.69 Å². The van der Waals surface area contributed by atoms with E-state index in [0.717, 1.165) is 0 Å². The number of amides is 1. The Hall–Kier alpha value is -2.97. The zero-order valence-corrected chi connectivity index (χ0v) is 13.9. The molecule has 0 saturated carbocycles. The molecular weight excluding hydrogens is 332 g/mol. The van der Waals surface area contributed by atoms with E-state index in [1.54, 1.807) is 19.9 Å². The highest BCUT2D eigenvalue weighted by atomic mass is 16.6. The Morgan fingerprint density at radius 3 is 2.20 bits per heavy atom. The van der Waals surface area contributed by atoms with Crippen LogP contribution in [0.15, 0.2) is 24.3 Å². The highest BCUT2D eigenvalue weighted by molar-refractivity contribution is 6.01. The molecule has 0 aliphatic carbocycles. The topological polar surface area (TPSA) is 147 Å². The molecule has 0 bridgehead atoms. The number of hydrogen-bond acceptors (Lipinski definition) is 5. The van der Waals surface area contributed by atoms with Crippen LogP contribution in [0, 0.1) is 15.5 Å². The molecule has 0 aliphatic rings. The van der Waals surface area contributed by atoms with Crippen molar-refractivity contribution in [3.63, 3.8) is 0 Å². The van der Waals surface area contributed by atoms with Crippen molar-refractivity contribution < 1.29 is 29.5 Å². The highest BCUT2D eigenvalue weighted by Crippen LogP contribution is 2.32. The molecule has 0 aromatic heterocycles. The first-order valence-corrected chi connectivity index (χ1v) is 7.66. The minimum Gasteiger partial charge on any atom is -0.479 e. The van der Waals surface area contributed by atoms with Crippen LogP contribution in [-0.4, -0.2) is 39.0 Å². The van der Waals surface area contributed by atoms with Gasteiger partial charge in [-0.3, -0.25) is 14.9 Å². The smallest absolute Gasteiger partial charge is 0.338 e. The van der Waals surface area contributed by atoms with Gasteiger partial charge >= 0.3 is 11.9 Å². The van der Waals surface area contributed by atoms with E-state index in [0.29, 0.717) is 18.4 Å². The van der Waals surface area contributed by atoms with Crippen molar-refractivity contribution in [3.05, 3.63) is 39.9 Å². The van der Waals surface area contributed by atoms with Crippen LogP contribution in [0.25, 0.3) is 0 Å². The molecule has 0 saturated heterocycles. The normalized spacial score (nSPS) is 11.2. The third-order valence-corrected chi connectivity index (χ3v) is 4.27. The van der Waals surface area contributed by atoms with E-state index in [1.165, 1.54) is 18.2 Å². The first kappa shape index (κ1) is 20.1. The predicted octanol–water partition coefficient (Wildman–Crippen LogP) is 1.60. The molecule has 3 N–H and O–H groups in total. The second-order valence-corrected chi connectivity index (χ2v) is 5.67. The number of hydrogen-bond donors (Lipinski definition) is 3. The number of carboxylic acid groups (broad SMARTS) is 2. The third kappa shape index (κ3) is 4.75. The number of carboxylic acids is 2. The van der Waals surface area contributed by atoms with Gasteiger partial charge in [-0.25, -0.2) is 9.59 Å². The van der Waals surface area contributed by atoms with Gasteiger partial charge in [0.05, 0.1) is 10.3 Å². The molecule has 0 radical (unpaired) electrons. The van der Waals surface area contributed by atoms with Gasteiger partial charge in [0.1, 0.15) is 0 Å². The van der Waals surface area contributed by atoms with E-state index < -0.39 is 34.2 Å². The molecule has 0 aliphatic heterocycles. The standard InChI is InChI=1S/C16H20N2O7/c1-3-16(4-2,15(23)17-12(13(19)20)14(21)22)9-10-6-5-7-11(8-10)18(24)25/h5-8,12H,3-4,9H2,1-2H3,(H,17,23)(H,19,20)(H,21,22). The maximum absolute atomic E-state index is 12.6. The van der Waals surface area contributed by atoms with E-state index >= 15 is 0 Å². The molecule has 136 valence electrons. The number of non-ortho nitro benzene ring substituents is 1. The third-order valence-electron chi connectivity index (χ3n) is 4.27. The molecule has 0 unspecified atom stereocenters. The first-order chi connectivity index (χ1) is 11.7. The van der Waals surface area contributed by atoms with Crippen molar-refractivity contribution in [3.8, 4) is 0 Å². The molecule has 0 fully saturated rings. The van der Waals surface area contributed by atoms with Crippen LogP contribution in [0.4, 0.5) is 5.69 Å². The van der Waals surface area contributed by atoms with Crippen molar-refractivity contribution in [1.29, 1.82) is 0 Å². The number of rotatable bonds is 9. The summed E-state index contributed by atoms with van der Waals surface area (Å²) < 4.78 is 0. The quantitative estimate of drug-likeness (QED) is 0.347. The Morgan fingerprint density at radius 1 is 1.20 bits per heavy atom. The molecule has 25 heavy (non-hydrogen) atoms. The molecule has 1 amide bonds. The van der Waals surface area contributed by atoms with Gasteiger partial charge < -0.3 is 15.5 Å². The van der Waals surface area contributed by atoms with Crippen LogP contribution >= 0.6 is 0 Å². The summed E-state index contributed by atoms with van der Waals surface area (Å²) in [5.41, 5.74) is -0.651. The fourth-order valence-electron chi connectivity index (χ4n) is 2.59. The van der Waals surface area contributed by atoms with Crippen LogP contribution in [0.2, 0.25) is 0 Å². The summed E-state index contributed by atoms with van der Waals surface area (Å²) in [6, 6.07) is 3.76. The predicted molar refractivity (Wildman–Crippen MR) is 87.0 cm³/mol. The minimum atomic E-state index is -2.05. The number of carbonyl (C=O) groups is 3. The Balaban J connectivity index is 3.12. The van der Waals surface area contributed by atoms with Crippen molar-refractivity contribution >= 4 is 23.5 Å². The maximum Gasteiger partial charge on any atom is 0.338 e. The largest absolute Gasteiger partial charge is 0.479 e. The number of nitrogens with zero attached hydrogens (tertiary/aromatic N) is 1. The SMILES string of the molecule is CCC(CC)(Cc1cccc([N+](=O)[O-])c1)C(=O)NC(C(=O)O)C(=O)O. The average molecular weight is 352 g/mol. The van der Waals surface area contributed by atoms with Gasteiger partial charge in [0, 0.05) is 12.1 Å². The lowest BCUT2D eigenvalue weighted by molar-refractivity contribution is -0.384. The summed E-state index contributed by atoms with van der Waals surface area (Å²) in [6.07, 6.45) is 0.743. The van der Waals surface area contributed by atoms with Gasteiger partial charge in [0.2, 0.25) is 11.9 Å². The zero-order chi connectivity index (χ0) is 19.2. The van der Waals surface area contributed by atoms with Gasteiger partial charge in [0.15, 0.2) is 0 Å². The Labute approximate surface area is 143 Å². The number of benzene rings is 1. The number of carbonyl (C=O) groups excluding carboxylic acids is 1. The lowest BCUT2D eigenvalue weighted by Gasteiger charge is -2.31. The lowest BCUT2D eigenvalue weighted by atomic mass is 9.76. The van der Waals surface area contributed by atoms with Gasteiger partial charge in [-0.2, -0.15) is 0 Å². The van der Waals surface area contributed by atoms with Gasteiger partial charge in [-0.15, -0.1) is 0 Å². The van der Waals surface area contributed by atoms with E-state index in [2.05, 4.69) is 0 Å². The van der Waals surface area contributed by atoms with Crippen LogP contribution in [-0.2, 0) is 20.8 Å². The number of nitro benzene ring substituents is 1. The van der Waals surface area contributed by atoms with Crippen LogP contribution in [0.5, 0.6) is 0 Å². The fourth-order valence-corrected chi connectivity index (χ4v) is 2.59. The molecule has 1 aromatic rings. The van der Waals surface area contributed by atoms with E-state index in [4.69, 9.17) is 10.2 Å². The fraction of sp³-hybridized carbons (Fsp3) is 0.438. The summed E-state index contributed by atoms with van der Waals surface area (Å²) in [4.78, 5) is 44.9. The molecule has 0 spiro atoms. The molecule has 9 heteroatoms. The summed E-state index contributed by atoms with van der Waals surface area (Å²) >= 11 is 0. The van der Waals surface area contributed by atoms with Crippen LogP contribution in [0.3, 0.4) is 0 Å². The zero-order valence-electron chi connectivity index (χ0n) is 13.9. The Kier molecular flexibility index (Phi) is 6.60. The van der Waals surface area contributed by atoms with Crippen molar-refractivity contribution in [2.24, 2.45) is 5.41 Å². The van der Waals surface area contributed by atoms with Crippen molar-refractivity contribution in [1.82, 2.24) is 5.32 Å². The maximum atomic E-state index is 12.6. The van der Waals surface area contributed by atoms with E-state index in [-0.39, 0.29) is 12.1 Å².